The lowest BCUT2D eigenvalue weighted by molar-refractivity contribution is -0.365. The van der Waals surface area contributed by atoms with Crippen molar-refractivity contribution >= 4 is 0 Å². The van der Waals surface area contributed by atoms with Crippen molar-refractivity contribution < 1.29 is 29.2 Å². The molecule has 22 heavy (non-hydrogen) atoms. The van der Waals surface area contributed by atoms with E-state index in [1.807, 2.05) is 44.2 Å². The fourth-order valence-corrected chi connectivity index (χ4v) is 2.74. The molecule has 2 aliphatic heterocycles. The van der Waals surface area contributed by atoms with E-state index in [9.17, 15) is 10.2 Å². The van der Waals surface area contributed by atoms with E-state index >= 15 is 0 Å². The first-order chi connectivity index (χ1) is 10.6. The normalized spacial score (nSPS) is 38.8. The van der Waals surface area contributed by atoms with Gasteiger partial charge >= 0.3 is 0 Å². The van der Waals surface area contributed by atoms with Crippen molar-refractivity contribution in [2.45, 2.75) is 56.9 Å². The van der Waals surface area contributed by atoms with Gasteiger partial charge in [-0.25, -0.2) is 0 Å². The summed E-state index contributed by atoms with van der Waals surface area (Å²) in [5.74, 6) is 0. The molecular formula is C16H22O6. The van der Waals surface area contributed by atoms with Crippen LogP contribution in [0.15, 0.2) is 30.3 Å². The second kappa shape index (κ2) is 6.62. The molecule has 122 valence electrons. The van der Waals surface area contributed by atoms with Crippen molar-refractivity contribution in [1.82, 2.24) is 0 Å². The molecule has 1 unspecified atom stereocenters. The number of aliphatic hydroxyl groups is 2. The summed E-state index contributed by atoms with van der Waals surface area (Å²) in [6, 6.07) is 9.47. The highest BCUT2D eigenvalue weighted by Crippen LogP contribution is 2.34. The Kier molecular flexibility index (Phi) is 4.77. The Morgan fingerprint density at radius 1 is 1.09 bits per heavy atom. The van der Waals surface area contributed by atoms with E-state index in [-0.39, 0.29) is 12.7 Å². The minimum atomic E-state index is -1.15. The lowest BCUT2D eigenvalue weighted by atomic mass is 9.98. The first kappa shape index (κ1) is 15.9. The highest BCUT2D eigenvalue weighted by molar-refractivity contribution is 5.16. The summed E-state index contributed by atoms with van der Waals surface area (Å²) in [6.07, 6.45) is -4.93. The van der Waals surface area contributed by atoms with Crippen LogP contribution in [0.1, 0.15) is 25.7 Å². The highest BCUT2D eigenvalue weighted by atomic mass is 16.8. The largest absolute Gasteiger partial charge is 0.387 e. The van der Waals surface area contributed by atoms with Crippen LogP contribution in [0.25, 0.3) is 0 Å². The molecule has 2 saturated heterocycles. The predicted octanol–water partition coefficient (Wildman–Crippen LogP) is 0.972. The van der Waals surface area contributed by atoms with Gasteiger partial charge < -0.3 is 29.2 Å². The van der Waals surface area contributed by atoms with Crippen LogP contribution in [-0.4, -0.2) is 53.6 Å². The molecule has 2 aliphatic rings. The number of hydrogen-bond acceptors (Lipinski definition) is 6. The smallest absolute Gasteiger partial charge is 0.186 e. The van der Waals surface area contributed by atoms with Gasteiger partial charge in [0.15, 0.2) is 12.6 Å². The van der Waals surface area contributed by atoms with Gasteiger partial charge in [-0.2, -0.15) is 0 Å². The highest BCUT2D eigenvalue weighted by Gasteiger charge is 2.49. The van der Waals surface area contributed by atoms with Gasteiger partial charge in [-0.05, 0) is 13.8 Å². The van der Waals surface area contributed by atoms with Crippen molar-refractivity contribution in [2.24, 2.45) is 0 Å². The monoisotopic (exact) mass is 310 g/mol. The molecule has 1 aromatic rings. The van der Waals surface area contributed by atoms with E-state index in [0.29, 0.717) is 0 Å². The molecule has 2 heterocycles. The fraction of sp³-hybridized carbons (Fsp3) is 0.625. The summed E-state index contributed by atoms with van der Waals surface area (Å²) in [7, 11) is 0. The number of benzene rings is 1. The molecule has 6 nitrogen and oxygen atoms in total. The molecule has 2 N–H and O–H groups in total. The average Bonchev–Trinajstić information content (AvgIpc) is 2.52. The zero-order valence-corrected chi connectivity index (χ0v) is 12.7. The molecule has 0 aromatic heterocycles. The van der Waals surface area contributed by atoms with Crippen molar-refractivity contribution in [3.63, 3.8) is 0 Å². The number of rotatable bonds is 3. The number of aliphatic hydroxyl groups excluding tert-OH is 2. The van der Waals surface area contributed by atoms with E-state index in [0.717, 1.165) is 5.56 Å². The molecule has 0 radical (unpaired) electrons. The summed E-state index contributed by atoms with van der Waals surface area (Å²) >= 11 is 0. The second-order valence-corrected chi connectivity index (χ2v) is 5.89. The van der Waals surface area contributed by atoms with Crippen LogP contribution in [0.5, 0.6) is 0 Å². The average molecular weight is 310 g/mol. The van der Waals surface area contributed by atoms with Gasteiger partial charge in [-0.1, -0.05) is 30.3 Å². The lowest BCUT2D eigenvalue weighted by Crippen LogP contribution is -2.62. The third-order valence-corrected chi connectivity index (χ3v) is 3.81. The van der Waals surface area contributed by atoms with E-state index in [2.05, 4.69) is 0 Å². The van der Waals surface area contributed by atoms with E-state index < -0.39 is 37.0 Å². The number of ether oxygens (including phenoxy) is 4. The van der Waals surface area contributed by atoms with Crippen LogP contribution in [-0.2, 0) is 18.9 Å². The quantitative estimate of drug-likeness (QED) is 0.866. The lowest BCUT2D eigenvalue weighted by Gasteiger charge is -2.46. The van der Waals surface area contributed by atoms with Crippen molar-refractivity contribution in [2.75, 3.05) is 6.61 Å². The molecular weight excluding hydrogens is 288 g/mol. The van der Waals surface area contributed by atoms with Crippen LogP contribution >= 0.6 is 0 Å². The zero-order chi connectivity index (χ0) is 15.7. The minimum Gasteiger partial charge on any atom is -0.387 e. The summed E-state index contributed by atoms with van der Waals surface area (Å²) in [5, 5.41) is 20.5. The molecule has 6 atom stereocenters. The van der Waals surface area contributed by atoms with Crippen LogP contribution in [0, 0.1) is 0 Å². The van der Waals surface area contributed by atoms with E-state index in [1.54, 1.807) is 0 Å². The van der Waals surface area contributed by atoms with Gasteiger partial charge in [0.05, 0.1) is 12.7 Å². The third kappa shape index (κ3) is 3.17. The van der Waals surface area contributed by atoms with Crippen molar-refractivity contribution in [3.8, 4) is 0 Å². The molecule has 0 bridgehead atoms. The molecule has 3 rings (SSSR count). The van der Waals surface area contributed by atoms with Crippen LogP contribution in [0.3, 0.4) is 0 Å². The minimum absolute atomic E-state index is 0.120. The van der Waals surface area contributed by atoms with Crippen LogP contribution in [0.2, 0.25) is 0 Å². The van der Waals surface area contributed by atoms with Crippen LogP contribution in [0.4, 0.5) is 0 Å². The van der Waals surface area contributed by atoms with Gasteiger partial charge in [0.25, 0.3) is 0 Å². The maximum Gasteiger partial charge on any atom is 0.186 e. The standard InChI is InChI=1S/C16H22O6/c1-9(2)20-16-13(18)12(17)14-11(21-16)8-19-15(22-14)10-6-4-3-5-7-10/h3-7,9,11-18H,8H2,1-2H3/t11-,12-,13-,14-,15?,16+/m1/s1. The molecule has 0 amide bonds. The molecule has 0 aliphatic carbocycles. The molecule has 0 saturated carbocycles. The Morgan fingerprint density at radius 2 is 1.82 bits per heavy atom. The Morgan fingerprint density at radius 3 is 2.50 bits per heavy atom. The predicted molar refractivity (Wildman–Crippen MR) is 76.9 cm³/mol. The van der Waals surface area contributed by atoms with E-state index in [4.69, 9.17) is 18.9 Å². The van der Waals surface area contributed by atoms with Gasteiger partial charge in [0.1, 0.15) is 24.4 Å². The first-order valence-electron chi connectivity index (χ1n) is 7.55. The first-order valence-corrected chi connectivity index (χ1v) is 7.55. The van der Waals surface area contributed by atoms with Crippen LogP contribution < -0.4 is 0 Å². The molecule has 2 fully saturated rings. The molecule has 6 heteroatoms. The summed E-state index contributed by atoms with van der Waals surface area (Å²) < 4.78 is 22.7. The second-order valence-electron chi connectivity index (χ2n) is 5.89. The Balaban J connectivity index is 1.70. The van der Waals surface area contributed by atoms with Crippen molar-refractivity contribution in [3.05, 3.63) is 35.9 Å². The maximum atomic E-state index is 10.3. The van der Waals surface area contributed by atoms with Gasteiger partial charge in [-0.15, -0.1) is 0 Å². The topological polar surface area (TPSA) is 77.4 Å². The number of hydrogen-bond donors (Lipinski definition) is 2. The Hall–Kier alpha value is -1.02. The van der Waals surface area contributed by atoms with Gasteiger partial charge in [0.2, 0.25) is 0 Å². The fourth-order valence-electron chi connectivity index (χ4n) is 2.74. The van der Waals surface area contributed by atoms with Gasteiger partial charge in [0, 0.05) is 5.56 Å². The summed E-state index contributed by atoms with van der Waals surface area (Å²) in [6.45, 7) is 3.95. The van der Waals surface area contributed by atoms with Gasteiger partial charge in [-0.3, -0.25) is 0 Å². The third-order valence-electron chi connectivity index (χ3n) is 3.81. The Labute approximate surface area is 129 Å². The van der Waals surface area contributed by atoms with E-state index in [1.165, 1.54) is 0 Å². The summed E-state index contributed by atoms with van der Waals surface area (Å²) in [5.41, 5.74) is 0.864. The molecule has 1 aromatic carbocycles. The number of fused-ring (bicyclic) bond motifs is 1. The Bertz CT molecular complexity index is 477. The summed E-state index contributed by atoms with van der Waals surface area (Å²) in [4.78, 5) is 0. The maximum absolute atomic E-state index is 10.3. The SMILES string of the molecule is CC(C)O[C@H]1O[C@@H]2COC(c3ccccc3)O[C@H]2[C@H](O)[C@H]1O. The molecule has 0 spiro atoms. The van der Waals surface area contributed by atoms with Crippen molar-refractivity contribution in [1.29, 1.82) is 0 Å². The zero-order valence-electron chi connectivity index (χ0n) is 12.7.